The zero-order valence-corrected chi connectivity index (χ0v) is 13.4. The summed E-state index contributed by atoms with van der Waals surface area (Å²) >= 11 is 0. The molecular formula is C16H19N5O3. The van der Waals surface area contributed by atoms with Gasteiger partial charge in [-0.05, 0) is 44.4 Å². The molecule has 0 spiro atoms. The van der Waals surface area contributed by atoms with Crippen LogP contribution in [0.5, 0.6) is 0 Å². The van der Waals surface area contributed by atoms with Crippen LogP contribution in [0.2, 0.25) is 0 Å². The van der Waals surface area contributed by atoms with Crippen molar-refractivity contribution in [1.29, 1.82) is 0 Å². The van der Waals surface area contributed by atoms with Crippen LogP contribution in [-0.2, 0) is 0 Å². The lowest BCUT2D eigenvalue weighted by atomic mass is 10.1. The first kappa shape index (κ1) is 15.1. The molecule has 4 heterocycles. The van der Waals surface area contributed by atoms with Gasteiger partial charge in [0.2, 0.25) is 0 Å². The number of aryl methyl sites for hydroxylation is 1. The molecule has 2 aromatic heterocycles. The van der Waals surface area contributed by atoms with Gasteiger partial charge in [-0.2, -0.15) is 0 Å². The fraction of sp³-hybridized carbons (Fsp3) is 0.500. The molecule has 24 heavy (non-hydrogen) atoms. The summed E-state index contributed by atoms with van der Waals surface area (Å²) in [5.74, 6) is -0.127. The highest BCUT2D eigenvalue weighted by Crippen LogP contribution is 2.29. The minimum absolute atomic E-state index is 0.127. The number of nitrogens with one attached hydrogen (secondary N) is 3. The number of hydrogen-bond acceptors (Lipinski definition) is 5. The molecule has 4 rings (SSSR count). The Bertz CT molecular complexity index is 917. The Morgan fingerprint density at radius 1 is 1.21 bits per heavy atom. The molecule has 1 amide bonds. The molecule has 2 aliphatic rings. The molecule has 2 bridgehead atoms. The maximum absolute atomic E-state index is 13.0. The van der Waals surface area contributed by atoms with E-state index in [0.717, 1.165) is 32.4 Å². The van der Waals surface area contributed by atoms with Crippen molar-refractivity contribution in [3.8, 4) is 0 Å². The number of aromatic nitrogens is 3. The van der Waals surface area contributed by atoms with Crippen LogP contribution in [0.3, 0.4) is 0 Å². The van der Waals surface area contributed by atoms with E-state index in [1.807, 2.05) is 4.90 Å². The number of hydrogen-bond donors (Lipinski definition) is 3. The van der Waals surface area contributed by atoms with E-state index >= 15 is 0 Å². The zero-order chi connectivity index (χ0) is 16.8. The number of H-pyrrole nitrogens is 2. The molecule has 3 N–H and O–H groups in total. The summed E-state index contributed by atoms with van der Waals surface area (Å²) in [5.41, 5.74) is -0.0478. The minimum Gasteiger partial charge on any atom is -0.330 e. The number of fused-ring (bicyclic) bond motifs is 3. The van der Waals surface area contributed by atoms with E-state index in [1.54, 1.807) is 13.0 Å². The van der Waals surface area contributed by atoms with Crippen molar-refractivity contribution in [3.63, 3.8) is 0 Å². The lowest BCUT2D eigenvalue weighted by Gasteiger charge is -2.27. The van der Waals surface area contributed by atoms with Crippen molar-refractivity contribution >= 4 is 16.9 Å². The predicted octanol–water partition coefficient (Wildman–Crippen LogP) is -0.114. The van der Waals surface area contributed by atoms with Gasteiger partial charge in [0.05, 0.1) is 5.39 Å². The van der Waals surface area contributed by atoms with Gasteiger partial charge < -0.3 is 10.2 Å². The largest absolute Gasteiger partial charge is 0.330 e. The van der Waals surface area contributed by atoms with Crippen molar-refractivity contribution in [1.82, 2.24) is 25.2 Å². The van der Waals surface area contributed by atoms with Crippen LogP contribution in [0.15, 0.2) is 15.7 Å². The second kappa shape index (κ2) is 5.55. The van der Waals surface area contributed by atoms with Crippen molar-refractivity contribution < 1.29 is 4.79 Å². The number of amides is 1. The SMILES string of the molecule is Cc1cc(C(=O)N2C3CCNCC2CC3)nc2[nH]c(=O)[nH]c(=O)c12. The topological polar surface area (TPSA) is 111 Å². The molecule has 8 heteroatoms. The van der Waals surface area contributed by atoms with E-state index in [9.17, 15) is 14.4 Å². The predicted molar refractivity (Wildman–Crippen MR) is 88.2 cm³/mol. The first-order valence-electron chi connectivity index (χ1n) is 8.22. The Kier molecular flexibility index (Phi) is 3.49. The van der Waals surface area contributed by atoms with Crippen LogP contribution in [-0.4, -0.2) is 50.9 Å². The Labute approximate surface area is 137 Å². The van der Waals surface area contributed by atoms with Gasteiger partial charge in [0.15, 0.2) is 0 Å². The van der Waals surface area contributed by atoms with Crippen LogP contribution in [0.1, 0.15) is 35.3 Å². The number of aromatic amines is 2. The van der Waals surface area contributed by atoms with Gasteiger partial charge in [-0.1, -0.05) is 0 Å². The summed E-state index contributed by atoms with van der Waals surface area (Å²) in [4.78, 5) is 47.4. The highest BCUT2D eigenvalue weighted by molar-refractivity contribution is 5.95. The molecule has 0 aromatic carbocycles. The monoisotopic (exact) mass is 329 g/mol. The maximum atomic E-state index is 13.0. The summed E-state index contributed by atoms with van der Waals surface area (Å²) in [6.45, 7) is 3.45. The average molecular weight is 329 g/mol. The highest BCUT2D eigenvalue weighted by atomic mass is 16.2. The molecule has 2 atom stereocenters. The molecule has 2 fully saturated rings. The Morgan fingerprint density at radius 3 is 2.83 bits per heavy atom. The van der Waals surface area contributed by atoms with Crippen LogP contribution in [0.4, 0.5) is 0 Å². The second-order valence-corrected chi connectivity index (χ2v) is 6.55. The smallest absolute Gasteiger partial charge is 0.327 e. The molecule has 0 saturated carbocycles. The summed E-state index contributed by atoms with van der Waals surface area (Å²) in [6, 6.07) is 2.05. The number of carbonyl (C=O) groups excluding carboxylic acids is 1. The lowest BCUT2D eigenvalue weighted by Crippen LogP contribution is -2.43. The van der Waals surface area contributed by atoms with Crippen LogP contribution < -0.4 is 16.6 Å². The van der Waals surface area contributed by atoms with Gasteiger partial charge >= 0.3 is 5.69 Å². The van der Waals surface area contributed by atoms with Gasteiger partial charge in [0.25, 0.3) is 11.5 Å². The maximum Gasteiger partial charge on any atom is 0.327 e. The first-order chi connectivity index (χ1) is 11.5. The molecule has 2 aliphatic heterocycles. The van der Waals surface area contributed by atoms with E-state index in [2.05, 4.69) is 20.3 Å². The van der Waals surface area contributed by atoms with E-state index in [0.29, 0.717) is 10.9 Å². The van der Waals surface area contributed by atoms with Gasteiger partial charge in [-0.3, -0.25) is 19.6 Å². The highest BCUT2D eigenvalue weighted by Gasteiger charge is 2.38. The quantitative estimate of drug-likeness (QED) is 0.676. The van der Waals surface area contributed by atoms with Crippen LogP contribution in [0.25, 0.3) is 11.0 Å². The molecule has 2 aromatic rings. The van der Waals surface area contributed by atoms with Gasteiger partial charge in [0.1, 0.15) is 11.3 Å². The van der Waals surface area contributed by atoms with Gasteiger partial charge in [0, 0.05) is 18.6 Å². The van der Waals surface area contributed by atoms with Crippen molar-refractivity contribution in [2.75, 3.05) is 13.1 Å². The molecule has 126 valence electrons. The summed E-state index contributed by atoms with van der Waals surface area (Å²) in [5, 5.41) is 3.68. The van der Waals surface area contributed by atoms with Gasteiger partial charge in [-0.25, -0.2) is 9.78 Å². The Balaban J connectivity index is 1.80. The van der Waals surface area contributed by atoms with E-state index in [-0.39, 0.29) is 29.3 Å². The molecule has 0 radical (unpaired) electrons. The van der Waals surface area contributed by atoms with E-state index in [1.165, 1.54) is 0 Å². The van der Waals surface area contributed by atoms with E-state index < -0.39 is 11.2 Å². The minimum atomic E-state index is -0.622. The van der Waals surface area contributed by atoms with Crippen molar-refractivity contribution in [3.05, 3.63) is 38.2 Å². The summed E-state index contributed by atoms with van der Waals surface area (Å²) < 4.78 is 0. The lowest BCUT2D eigenvalue weighted by molar-refractivity contribution is 0.0674. The fourth-order valence-electron chi connectivity index (χ4n) is 3.91. The van der Waals surface area contributed by atoms with Crippen molar-refractivity contribution in [2.24, 2.45) is 0 Å². The standard InChI is InChI=1S/C16H19N5O3/c1-8-6-11(18-13-12(8)14(22)20-16(24)19-13)15(23)21-9-2-3-10(21)7-17-5-4-9/h6,9-10,17H,2-5,7H2,1H3,(H2,18,19,20,22,24). The Morgan fingerprint density at radius 2 is 2.00 bits per heavy atom. The Hall–Kier alpha value is -2.48. The van der Waals surface area contributed by atoms with Gasteiger partial charge in [-0.15, -0.1) is 0 Å². The van der Waals surface area contributed by atoms with Crippen LogP contribution in [0, 0.1) is 6.92 Å². The molecule has 2 saturated heterocycles. The van der Waals surface area contributed by atoms with Crippen LogP contribution >= 0.6 is 0 Å². The summed E-state index contributed by atoms with van der Waals surface area (Å²) in [6.07, 6.45) is 2.94. The second-order valence-electron chi connectivity index (χ2n) is 6.55. The fourth-order valence-corrected chi connectivity index (χ4v) is 3.91. The van der Waals surface area contributed by atoms with Crippen molar-refractivity contribution in [2.45, 2.75) is 38.3 Å². The summed E-state index contributed by atoms with van der Waals surface area (Å²) in [7, 11) is 0. The number of pyridine rings is 1. The third kappa shape index (κ3) is 2.34. The molecule has 0 aliphatic carbocycles. The molecule has 8 nitrogen and oxygen atoms in total. The average Bonchev–Trinajstić information content (AvgIpc) is 2.78. The van der Waals surface area contributed by atoms with E-state index in [4.69, 9.17) is 0 Å². The first-order valence-corrected chi connectivity index (χ1v) is 8.22. The zero-order valence-electron chi connectivity index (χ0n) is 13.4. The third-order valence-corrected chi connectivity index (χ3v) is 5.01. The molecule has 2 unspecified atom stereocenters. The molecular weight excluding hydrogens is 310 g/mol. The normalized spacial score (nSPS) is 23.5. The number of carbonyl (C=O) groups is 1. The number of nitrogens with zero attached hydrogens (tertiary/aromatic N) is 2. The number of rotatable bonds is 1. The third-order valence-electron chi connectivity index (χ3n) is 5.01.